The molecule has 0 atom stereocenters. The molecule has 1 saturated heterocycles. The van der Waals surface area contributed by atoms with Gasteiger partial charge in [0.05, 0.1) is 19.7 Å². The summed E-state index contributed by atoms with van der Waals surface area (Å²) < 4.78 is 6.43. The molecular formula is C22H27N7O4. The van der Waals surface area contributed by atoms with E-state index in [1.54, 1.807) is 16.8 Å². The fourth-order valence-corrected chi connectivity index (χ4v) is 4.32. The molecule has 11 heteroatoms. The van der Waals surface area contributed by atoms with Gasteiger partial charge in [-0.25, -0.2) is 9.78 Å². The quantitative estimate of drug-likeness (QED) is 0.384. The Balaban J connectivity index is 1.37. The summed E-state index contributed by atoms with van der Waals surface area (Å²) in [5.74, 6) is 0.887. The summed E-state index contributed by atoms with van der Waals surface area (Å²) in [5, 5.41) is 16.7. The molecule has 2 aliphatic carbocycles. The van der Waals surface area contributed by atoms with Gasteiger partial charge >= 0.3 is 6.09 Å². The monoisotopic (exact) mass is 453 g/mol. The zero-order valence-corrected chi connectivity index (χ0v) is 18.4. The molecule has 3 fully saturated rings. The van der Waals surface area contributed by atoms with E-state index >= 15 is 0 Å². The maximum absolute atomic E-state index is 12.0. The van der Waals surface area contributed by atoms with Crippen LogP contribution in [-0.2, 0) is 14.3 Å². The summed E-state index contributed by atoms with van der Waals surface area (Å²) in [5.41, 5.74) is 1.70. The Hall–Kier alpha value is -3.63. The van der Waals surface area contributed by atoms with Crippen LogP contribution < -0.4 is 21.3 Å². The van der Waals surface area contributed by atoms with Crippen LogP contribution in [0, 0.1) is 0 Å². The van der Waals surface area contributed by atoms with Crippen molar-refractivity contribution >= 4 is 41.3 Å². The molecule has 0 spiro atoms. The van der Waals surface area contributed by atoms with Gasteiger partial charge in [-0.05, 0) is 44.6 Å². The molecule has 2 aromatic rings. The lowest BCUT2D eigenvalue weighted by atomic mass is 9.91. The van der Waals surface area contributed by atoms with Gasteiger partial charge in [-0.3, -0.25) is 14.9 Å². The van der Waals surface area contributed by atoms with Gasteiger partial charge in [0.2, 0.25) is 5.91 Å². The van der Waals surface area contributed by atoms with E-state index in [1.807, 2.05) is 6.07 Å². The number of nitrogens with zero attached hydrogens (tertiary/aromatic N) is 3. The molecule has 2 aromatic heterocycles. The zero-order chi connectivity index (χ0) is 22.9. The fourth-order valence-electron chi connectivity index (χ4n) is 4.32. The van der Waals surface area contributed by atoms with Gasteiger partial charge in [0, 0.05) is 35.3 Å². The fraction of sp³-hybridized carbons (Fsp3) is 0.500. The number of hydrogen-bond donors (Lipinski definition) is 4. The average molecular weight is 454 g/mol. The third-order valence-corrected chi connectivity index (χ3v) is 6.24. The Labute approximate surface area is 190 Å². The number of rotatable bonds is 6. The Morgan fingerprint density at radius 1 is 1.12 bits per heavy atom. The minimum atomic E-state index is -0.394. The highest BCUT2D eigenvalue weighted by atomic mass is 16.5. The molecule has 11 nitrogen and oxygen atoms in total. The number of anilines is 2. The van der Waals surface area contributed by atoms with Crippen molar-refractivity contribution < 1.29 is 19.1 Å². The minimum absolute atomic E-state index is 0.0597. The molecule has 0 unspecified atom stereocenters. The van der Waals surface area contributed by atoms with Gasteiger partial charge in [0.25, 0.3) is 5.91 Å². The van der Waals surface area contributed by atoms with Crippen molar-refractivity contribution in [3.05, 3.63) is 23.4 Å². The van der Waals surface area contributed by atoms with Crippen LogP contribution in [0.25, 0.3) is 11.7 Å². The molecular weight excluding hydrogens is 426 g/mol. The average Bonchev–Trinajstić information content (AvgIpc) is 3.43. The molecule has 0 radical (unpaired) electrons. The SMILES string of the molecule is COC(=O)NC1CCC(Nc2cc(NC3CC3)n3ncc(/C=C4\CC(=O)NC4=O)c3n2)CC1. The molecule has 5 rings (SSSR count). The van der Waals surface area contributed by atoms with Crippen LogP contribution in [-0.4, -0.2) is 57.7 Å². The van der Waals surface area contributed by atoms with Gasteiger partial charge in [-0.1, -0.05) is 0 Å². The van der Waals surface area contributed by atoms with E-state index in [1.165, 1.54) is 7.11 Å². The van der Waals surface area contributed by atoms with Crippen molar-refractivity contribution in [1.29, 1.82) is 0 Å². The van der Waals surface area contributed by atoms with Crippen molar-refractivity contribution in [3.8, 4) is 0 Å². The van der Waals surface area contributed by atoms with Crippen molar-refractivity contribution in [1.82, 2.24) is 25.2 Å². The zero-order valence-electron chi connectivity index (χ0n) is 18.4. The predicted octanol–water partition coefficient (Wildman–Crippen LogP) is 1.81. The Kier molecular flexibility index (Phi) is 5.61. The second-order valence-electron chi connectivity index (χ2n) is 8.83. The minimum Gasteiger partial charge on any atom is -0.453 e. The van der Waals surface area contributed by atoms with Gasteiger partial charge in [0.1, 0.15) is 11.6 Å². The number of carbonyl (C=O) groups is 3. The lowest BCUT2D eigenvalue weighted by Crippen LogP contribution is -2.40. The second kappa shape index (κ2) is 8.72. The molecule has 3 amide bonds. The summed E-state index contributed by atoms with van der Waals surface area (Å²) in [7, 11) is 1.37. The third-order valence-electron chi connectivity index (χ3n) is 6.24. The molecule has 3 heterocycles. The maximum Gasteiger partial charge on any atom is 0.407 e. The van der Waals surface area contributed by atoms with Gasteiger partial charge in [-0.15, -0.1) is 0 Å². The Bertz CT molecular complexity index is 1130. The van der Waals surface area contributed by atoms with Crippen LogP contribution in [0.1, 0.15) is 50.5 Å². The van der Waals surface area contributed by atoms with E-state index in [0.717, 1.165) is 50.2 Å². The maximum atomic E-state index is 12.0. The number of alkyl carbamates (subject to hydrolysis) is 1. The first-order valence-corrected chi connectivity index (χ1v) is 11.3. The number of nitrogens with one attached hydrogen (secondary N) is 4. The number of methoxy groups -OCH3 is 1. The van der Waals surface area contributed by atoms with Gasteiger partial charge in [0.15, 0.2) is 5.65 Å². The number of aromatic nitrogens is 3. The number of hydrogen-bond acceptors (Lipinski definition) is 8. The largest absolute Gasteiger partial charge is 0.453 e. The topological polar surface area (TPSA) is 139 Å². The highest BCUT2D eigenvalue weighted by molar-refractivity contribution is 6.15. The third kappa shape index (κ3) is 4.76. The van der Waals surface area contributed by atoms with E-state index in [4.69, 9.17) is 9.72 Å². The molecule has 3 aliphatic rings. The number of carbonyl (C=O) groups excluding carboxylic acids is 3. The second-order valence-corrected chi connectivity index (χ2v) is 8.83. The van der Waals surface area contributed by atoms with Crippen LogP contribution >= 0.6 is 0 Å². The van der Waals surface area contributed by atoms with Crippen molar-refractivity contribution in [2.75, 3.05) is 17.7 Å². The van der Waals surface area contributed by atoms with Crippen molar-refractivity contribution in [2.45, 2.75) is 63.1 Å². The highest BCUT2D eigenvalue weighted by Crippen LogP contribution is 2.29. The summed E-state index contributed by atoms with van der Waals surface area (Å²) in [6.07, 6.45) is 8.75. The lowest BCUT2D eigenvalue weighted by Gasteiger charge is -2.29. The van der Waals surface area contributed by atoms with E-state index in [9.17, 15) is 14.4 Å². The highest BCUT2D eigenvalue weighted by Gasteiger charge is 2.27. The van der Waals surface area contributed by atoms with Crippen LogP contribution in [0.3, 0.4) is 0 Å². The summed E-state index contributed by atoms with van der Waals surface area (Å²) in [6.45, 7) is 0. The Morgan fingerprint density at radius 2 is 1.82 bits per heavy atom. The van der Waals surface area contributed by atoms with Gasteiger partial charge < -0.3 is 20.7 Å². The summed E-state index contributed by atoms with van der Waals surface area (Å²) in [6, 6.07) is 2.73. The van der Waals surface area contributed by atoms with E-state index < -0.39 is 6.09 Å². The molecule has 0 bridgehead atoms. The summed E-state index contributed by atoms with van der Waals surface area (Å²) in [4.78, 5) is 39.8. The molecule has 1 aliphatic heterocycles. The van der Waals surface area contributed by atoms with Crippen LogP contribution in [0.5, 0.6) is 0 Å². The lowest BCUT2D eigenvalue weighted by molar-refractivity contribution is -0.124. The smallest absolute Gasteiger partial charge is 0.407 e. The first kappa shape index (κ1) is 21.2. The molecule has 2 saturated carbocycles. The molecule has 174 valence electrons. The van der Waals surface area contributed by atoms with Crippen LogP contribution in [0.4, 0.5) is 16.4 Å². The first-order valence-electron chi connectivity index (χ1n) is 11.3. The molecule has 4 N–H and O–H groups in total. The number of ether oxygens (including phenoxy) is 1. The van der Waals surface area contributed by atoms with Crippen LogP contribution in [0.15, 0.2) is 17.8 Å². The van der Waals surface area contributed by atoms with Gasteiger partial charge in [-0.2, -0.15) is 9.61 Å². The van der Waals surface area contributed by atoms with Crippen molar-refractivity contribution in [2.24, 2.45) is 0 Å². The van der Waals surface area contributed by atoms with E-state index in [-0.39, 0.29) is 30.3 Å². The predicted molar refractivity (Wildman–Crippen MR) is 121 cm³/mol. The van der Waals surface area contributed by atoms with Crippen LogP contribution in [0.2, 0.25) is 0 Å². The first-order chi connectivity index (χ1) is 16.0. The molecule has 33 heavy (non-hydrogen) atoms. The standard InChI is InChI=1S/C22H27N7O4/c1-33-22(32)26-16-6-2-14(3-7-16)24-17-10-18(25-15-4-5-15)29-20(27-17)13(11-23-29)8-12-9-19(30)28-21(12)31/h8,10-11,14-16,25H,2-7,9H2,1H3,(H,24,27)(H,26,32)(H,28,30,31)/b12-8+. The normalized spacial score (nSPS) is 24.1. The number of imide groups is 1. The van der Waals surface area contributed by atoms with E-state index in [2.05, 4.69) is 26.4 Å². The number of fused-ring (bicyclic) bond motifs is 1. The summed E-state index contributed by atoms with van der Waals surface area (Å²) >= 11 is 0. The Morgan fingerprint density at radius 3 is 2.48 bits per heavy atom. The molecule has 0 aromatic carbocycles. The van der Waals surface area contributed by atoms with Crippen molar-refractivity contribution in [3.63, 3.8) is 0 Å². The number of amides is 3. The van der Waals surface area contributed by atoms with E-state index in [0.29, 0.717) is 22.8 Å².